The Labute approximate surface area is 86.2 Å². The van der Waals surface area contributed by atoms with E-state index < -0.39 is 0 Å². The Morgan fingerprint density at radius 1 is 1.50 bits per heavy atom. The highest BCUT2D eigenvalue weighted by atomic mass is 16.5. The fourth-order valence-electron chi connectivity index (χ4n) is 1.95. The van der Waals surface area contributed by atoms with E-state index in [0.29, 0.717) is 0 Å². The van der Waals surface area contributed by atoms with E-state index in [0.717, 1.165) is 18.9 Å². The Morgan fingerprint density at radius 3 is 2.71 bits per heavy atom. The van der Waals surface area contributed by atoms with Crippen LogP contribution in [0.4, 0.5) is 0 Å². The zero-order valence-electron chi connectivity index (χ0n) is 9.21. The number of rotatable bonds is 5. The topological polar surface area (TPSA) is 38.3 Å². The van der Waals surface area contributed by atoms with Crippen LogP contribution in [0.1, 0.15) is 39.0 Å². The van der Waals surface area contributed by atoms with Crippen LogP contribution < -0.4 is 5.32 Å². The van der Waals surface area contributed by atoms with Crippen LogP contribution in [0.3, 0.4) is 0 Å². The molecule has 1 aliphatic rings. The van der Waals surface area contributed by atoms with Gasteiger partial charge >= 0.3 is 0 Å². The molecule has 0 aromatic heterocycles. The number of nitrogens with one attached hydrogen (secondary N) is 1. The molecule has 1 amide bonds. The van der Waals surface area contributed by atoms with Gasteiger partial charge in [-0.15, -0.1) is 0 Å². The molecule has 1 saturated carbocycles. The monoisotopic (exact) mass is 199 g/mol. The predicted molar refractivity (Wildman–Crippen MR) is 56.1 cm³/mol. The predicted octanol–water partition coefficient (Wildman–Crippen LogP) is 1.72. The summed E-state index contributed by atoms with van der Waals surface area (Å²) in [4.78, 5) is 11.3. The summed E-state index contributed by atoms with van der Waals surface area (Å²) in [7, 11) is 1.56. The van der Waals surface area contributed by atoms with Crippen LogP contribution in [0.5, 0.6) is 0 Å². The second-order valence-electron chi connectivity index (χ2n) is 4.11. The minimum absolute atomic E-state index is 0.00509. The summed E-state index contributed by atoms with van der Waals surface area (Å²) in [5.74, 6) is 0.846. The van der Waals surface area contributed by atoms with Crippen LogP contribution in [-0.4, -0.2) is 25.7 Å². The largest absolute Gasteiger partial charge is 0.372 e. The van der Waals surface area contributed by atoms with Gasteiger partial charge in [0.25, 0.3) is 0 Å². The molecule has 1 aliphatic carbocycles. The van der Waals surface area contributed by atoms with Crippen LogP contribution in [0.25, 0.3) is 0 Å². The molecule has 0 aliphatic heterocycles. The molecule has 82 valence electrons. The zero-order valence-corrected chi connectivity index (χ0v) is 9.21. The Morgan fingerprint density at radius 2 is 2.14 bits per heavy atom. The quantitative estimate of drug-likeness (QED) is 0.732. The molecule has 0 aromatic carbocycles. The van der Waals surface area contributed by atoms with Crippen molar-refractivity contribution >= 4 is 5.91 Å². The maximum atomic E-state index is 11.3. The Balaban J connectivity index is 2.05. The molecule has 0 aromatic rings. The molecule has 0 radical (unpaired) electrons. The fraction of sp³-hybridized carbons (Fsp3) is 0.909. The van der Waals surface area contributed by atoms with Gasteiger partial charge in [-0.3, -0.25) is 4.79 Å². The number of hydrogen-bond acceptors (Lipinski definition) is 2. The normalized spacial score (nSPS) is 19.6. The average molecular weight is 199 g/mol. The van der Waals surface area contributed by atoms with Gasteiger partial charge in [0.05, 0.1) is 0 Å². The van der Waals surface area contributed by atoms with Crippen LogP contribution in [0, 0.1) is 5.92 Å². The van der Waals surface area contributed by atoms with E-state index in [-0.39, 0.29) is 12.0 Å². The van der Waals surface area contributed by atoms with Crippen molar-refractivity contribution in [3.05, 3.63) is 0 Å². The number of amides is 1. The molecule has 1 unspecified atom stereocenters. The average Bonchev–Trinajstić information content (AvgIpc) is 2.69. The number of methoxy groups -OCH3 is 1. The molecule has 3 nitrogen and oxygen atoms in total. The van der Waals surface area contributed by atoms with Crippen molar-refractivity contribution in [1.82, 2.24) is 5.32 Å². The Kier molecular flexibility index (Phi) is 4.94. The third-order valence-corrected chi connectivity index (χ3v) is 3.05. The molecule has 0 heterocycles. The number of carbonyl (C=O) groups excluding carboxylic acids is 1. The van der Waals surface area contributed by atoms with Crippen molar-refractivity contribution in [2.24, 2.45) is 5.92 Å². The van der Waals surface area contributed by atoms with Crippen molar-refractivity contribution in [3.8, 4) is 0 Å². The number of carbonyl (C=O) groups is 1. The summed E-state index contributed by atoms with van der Waals surface area (Å²) in [5, 5.41) is 2.90. The van der Waals surface area contributed by atoms with Gasteiger partial charge in [0.15, 0.2) is 0 Å². The summed E-state index contributed by atoms with van der Waals surface area (Å²) in [6.45, 7) is 2.57. The van der Waals surface area contributed by atoms with Gasteiger partial charge in [-0.25, -0.2) is 0 Å². The second kappa shape index (κ2) is 6.02. The van der Waals surface area contributed by atoms with Crippen molar-refractivity contribution in [3.63, 3.8) is 0 Å². The fourth-order valence-corrected chi connectivity index (χ4v) is 1.95. The molecule has 0 bridgehead atoms. The highest BCUT2D eigenvalue weighted by molar-refractivity contribution is 5.80. The molecule has 1 fully saturated rings. The van der Waals surface area contributed by atoms with Gasteiger partial charge in [-0.1, -0.05) is 25.7 Å². The molecule has 1 atom stereocenters. The first-order valence-electron chi connectivity index (χ1n) is 5.54. The van der Waals surface area contributed by atoms with E-state index in [1.54, 1.807) is 14.0 Å². The Bertz CT molecular complexity index is 176. The first kappa shape index (κ1) is 11.5. The van der Waals surface area contributed by atoms with Crippen LogP contribution in [0.15, 0.2) is 0 Å². The van der Waals surface area contributed by atoms with E-state index in [2.05, 4.69) is 5.32 Å². The van der Waals surface area contributed by atoms with E-state index in [1.165, 1.54) is 25.7 Å². The maximum absolute atomic E-state index is 11.3. The lowest BCUT2D eigenvalue weighted by Crippen LogP contribution is -2.34. The van der Waals surface area contributed by atoms with E-state index in [4.69, 9.17) is 4.74 Å². The zero-order chi connectivity index (χ0) is 10.4. The summed E-state index contributed by atoms with van der Waals surface area (Å²) in [6.07, 6.45) is 6.23. The lowest BCUT2D eigenvalue weighted by Gasteiger charge is -2.12. The molecule has 0 saturated heterocycles. The minimum Gasteiger partial charge on any atom is -0.372 e. The van der Waals surface area contributed by atoms with Crippen molar-refractivity contribution in [2.75, 3.05) is 13.7 Å². The third kappa shape index (κ3) is 3.66. The number of hydrogen-bond donors (Lipinski definition) is 1. The Hall–Kier alpha value is -0.570. The number of ether oxygens (including phenoxy) is 1. The molecular weight excluding hydrogens is 178 g/mol. The van der Waals surface area contributed by atoms with Crippen molar-refractivity contribution in [2.45, 2.75) is 45.1 Å². The molecule has 1 N–H and O–H groups in total. The standard InChI is InChI=1S/C11H21NO2/c1-9(14-2)11(13)12-8-7-10-5-3-4-6-10/h9-10H,3-8H2,1-2H3,(H,12,13). The van der Waals surface area contributed by atoms with Gasteiger partial charge in [0.2, 0.25) is 5.91 Å². The van der Waals surface area contributed by atoms with Crippen LogP contribution in [-0.2, 0) is 9.53 Å². The first-order chi connectivity index (χ1) is 6.74. The van der Waals surface area contributed by atoms with Gasteiger partial charge in [0, 0.05) is 13.7 Å². The van der Waals surface area contributed by atoms with E-state index >= 15 is 0 Å². The lowest BCUT2D eigenvalue weighted by atomic mass is 10.0. The maximum Gasteiger partial charge on any atom is 0.248 e. The van der Waals surface area contributed by atoms with Gasteiger partial charge < -0.3 is 10.1 Å². The minimum atomic E-state index is -0.321. The van der Waals surface area contributed by atoms with Gasteiger partial charge in [-0.05, 0) is 19.3 Å². The lowest BCUT2D eigenvalue weighted by molar-refractivity contribution is -0.130. The van der Waals surface area contributed by atoms with E-state index in [1.807, 2.05) is 0 Å². The first-order valence-corrected chi connectivity index (χ1v) is 5.54. The third-order valence-electron chi connectivity index (χ3n) is 3.05. The highest BCUT2D eigenvalue weighted by Gasteiger charge is 2.15. The molecule has 0 spiro atoms. The SMILES string of the molecule is COC(C)C(=O)NCCC1CCCC1. The molecule has 14 heavy (non-hydrogen) atoms. The molecule has 3 heteroatoms. The molecule has 1 rings (SSSR count). The van der Waals surface area contributed by atoms with Crippen molar-refractivity contribution < 1.29 is 9.53 Å². The van der Waals surface area contributed by atoms with Gasteiger partial charge in [-0.2, -0.15) is 0 Å². The summed E-state index contributed by atoms with van der Waals surface area (Å²) >= 11 is 0. The molecular formula is C11H21NO2. The highest BCUT2D eigenvalue weighted by Crippen LogP contribution is 2.26. The second-order valence-corrected chi connectivity index (χ2v) is 4.11. The van der Waals surface area contributed by atoms with Crippen molar-refractivity contribution in [1.29, 1.82) is 0 Å². The van der Waals surface area contributed by atoms with Crippen LogP contribution in [0.2, 0.25) is 0 Å². The summed E-state index contributed by atoms with van der Waals surface area (Å²) in [5.41, 5.74) is 0. The smallest absolute Gasteiger partial charge is 0.248 e. The van der Waals surface area contributed by atoms with Gasteiger partial charge in [0.1, 0.15) is 6.10 Å². The van der Waals surface area contributed by atoms with Crippen LogP contribution >= 0.6 is 0 Å². The summed E-state index contributed by atoms with van der Waals surface area (Å²) in [6, 6.07) is 0. The summed E-state index contributed by atoms with van der Waals surface area (Å²) < 4.78 is 4.92. The van der Waals surface area contributed by atoms with E-state index in [9.17, 15) is 4.79 Å².